The van der Waals surface area contributed by atoms with Crippen molar-refractivity contribution in [1.82, 2.24) is 0 Å². The zero-order chi connectivity index (χ0) is 13.9. The third kappa shape index (κ3) is 2.73. The van der Waals surface area contributed by atoms with Crippen molar-refractivity contribution in [1.29, 1.82) is 0 Å². The number of benzene rings is 2. The molecule has 1 heteroatoms. The summed E-state index contributed by atoms with van der Waals surface area (Å²) in [4.78, 5) is 0. The third-order valence-corrected chi connectivity index (χ3v) is 5.10. The zero-order valence-electron chi connectivity index (χ0n) is 12.4. The Kier molecular flexibility index (Phi) is 4.07. The van der Waals surface area contributed by atoms with E-state index in [0.29, 0.717) is 6.04 Å². The molecule has 3 unspecified atom stereocenters. The Labute approximate surface area is 122 Å². The lowest BCUT2D eigenvalue weighted by molar-refractivity contribution is 0.405. The van der Waals surface area contributed by atoms with Gasteiger partial charge in [-0.1, -0.05) is 62.2 Å². The highest BCUT2D eigenvalue weighted by molar-refractivity contribution is 5.85. The van der Waals surface area contributed by atoms with E-state index < -0.39 is 0 Å². The molecule has 2 aromatic carbocycles. The maximum atomic E-state index is 6.52. The molecule has 2 aromatic rings. The molecular weight excluding hydrogens is 242 g/mol. The molecule has 0 heterocycles. The molecule has 0 saturated heterocycles. The lowest BCUT2D eigenvalue weighted by Crippen LogP contribution is -2.31. The number of hydrogen-bond acceptors (Lipinski definition) is 1. The fourth-order valence-electron chi connectivity index (χ4n) is 3.76. The van der Waals surface area contributed by atoms with Gasteiger partial charge in [-0.15, -0.1) is 0 Å². The average Bonchev–Trinajstić information content (AvgIpc) is 2.97. The summed E-state index contributed by atoms with van der Waals surface area (Å²) in [5.74, 6) is 1.64. The van der Waals surface area contributed by atoms with Crippen molar-refractivity contribution in [2.45, 2.75) is 45.1 Å². The topological polar surface area (TPSA) is 26.0 Å². The van der Waals surface area contributed by atoms with Crippen molar-refractivity contribution in [3.8, 4) is 0 Å². The minimum atomic E-state index is 0.317. The molecule has 1 fully saturated rings. The fourth-order valence-corrected chi connectivity index (χ4v) is 3.76. The highest BCUT2D eigenvalue weighted by atomic mass is 14.7. The molecule has 0 amide bonds. The smallest absolute Gasteiger partial charge is 0.0108 e. The molecule has 0 aromatic heterocycles. The van der Waals surface area contributed by atoms with Gasteiger partial charge in [0.25, 0.3) is 0 Å². The SMILES string of the molecule is CCC1CCC(C(N)Cc2cccc3ccccc23)C1. The lowest BCUT2D eigenvalue weighted by Gasteiger charge is -2.20. The van der Waals surface area contributed by atoms with Gasteiger partial charge >= 0.3 is 0 Å². The Hall–Kier alpha value is -1.34. The maximum absolute atomic E-state index is 6.52. The minimum absolute atomic E-state index is 0.317. The molecule has 0 bridgehead atoms. The normalized spacial score (nSPS) is 24.1. The first-order valence-corrected chi connectivity index (χ1v) is 8.00. The van der Waals surface area contributed by atoms with Gasteiger partial charge in [-0.3, -0.25) is 0 Å². The van der Waals surface area contributed by atoms with Crippen LogP contribution in [0.15, 0.2) is 42.5 Å². The second-order valence-electron chi connectivity index (χ2n) is 6.35. The number of hydrogen-bond donors (Lipinski definition) is 1. The Morgan fingerprint density at radius 1 is 1.10 bits per heavy atom. The molecule has 1 saturated carbocycles. The summed E-state index contributed by atoms with van der Waals surface area (Å²) in [6.45, 7) is 2.31. The van der Waals surface area contributed by atoms with Gasteiger partial charge in [0.2, 0.25) is 0 Å². The molecule has 0 spiro atoms. The van der Waals surface area contributed by atoms with Gasteiger partial charge in [0.05, 0.1) is 0 Å². The van der Waals surface area contributed by atoms with E-state index in [9.17, 15) is 0 Å². The summed E-state index contributed by atoms with van der Waals surface area (Å²) >= 11 is 0. The van der Waals surface area contributed by atoms with Crippen LogP contribution in [-0.4, -0.2) is 6.04 Å². The van der Waals surface area contributed by atoms with E-state index >= 15 is 0 Å². The zero-order valence-corrected chi connectivity index (χ0v) is 12.4. The van der Waals surface area contributed by atoms with Crippen LogP contribution in [0.1, 0.15) is 38.2 Å². The number of nitrogens with two attached hydrogens (primary N) is 1. The largest absolute Gasteiger partial charge is 0.327 e. The van der Waals surface area contributed by atoms with Crippen molar-refractivity contribution in [2.24, 2.45) is 17.6 Å². The quantitative estimate of drug-likeness (QED) is 0.865. The predicted octanol–water partition coefficient (Wildman–Crippen LogP) is 4.54. The van der Waals surface area contributed by atoms with Crippen molar-refractivity contribution in [2.75, 3.05) is 0 Å². The predicted molar refractivity (Wildman–Crippen MR) is 86.7 cm³/mol. The Morgan fingerprint density at radius 2 is 1.90 bits per heavy atom. The van der Waals surface area contributed by atoms with Gasteiger partial charge < -0.3 is 5.73 Å². The second-order valence-corrected chi connectivity index (χ2v) is 6.35. The van der Waals surface area contributed by atoms with Crippen molar-refractivity contribution < 1.29 is 0 Å². The molecule has 3 rings (SSSR count). The highest BCUT2D eigenvalue weighted by Gasteiger charge is 2.28. The van der Waals surface area contributed by atoms with Gasteiger partial charge in [0, 0.05) is 6.04 Å². The summed E-state index contributed by atoms with van der Waals surface area (Å²) in [5.41, 5.74) is 7.93. The second kappa shape index (κ2) is 5.97. The Morgan fingerprint density at radius 3 is 2.70 bits per heavy atom. The van der Waals surface area contributed by atoms with Gasteiger partial charge in [-0.05, 0) is 47.4 Å². The highest BCUT2D eigenvalue weighted by Crippen LogP contribution is 2.35. The van der Waals surface area contributed by atoms with E-state index in [1.165, 1.54) is 42.0 Å². The van der Waals surface area contributed by atoms with Crippen LogP contribution in [0, 0.1) is 11.8 Å². The monoisotopic (exact) mass is 267 g/mol. The molecule has 106 valence electrons. The van der Waals surface area contributed by atoms with Crippen LogP contribution >= 0.6 is 0 Å². The fraction of sp³-hybridized carbons (Fsp3) is 0.474. The van der Waals surface area contributed by atoms with E-state index in [4.69, 9.17) is 5.73 Å². The van der Waals surface area contributed by atoms with Crippen molar-refractivity contribution >= 4 is 10.8 Å². The first kappa shape index (κ1) is 13.6. The molecule has 1 aliphatic rings. The summed E-state index contributed by atoms with van der Waals surface area (Å²) in [6, 6.07) is 15.6. The van der Waals surface area contributed by atoms with Gasteiger partial charge in [-0.25, -0.2) is 0 Å². The Bertz CT molecular complexity index is 569. The molecule has 1 nitrogen and oxygen atoms in total. The van der Waals surface area contributed by atoms with Crippen LogP contribution in [0.2, 0.25) is 0 Å². The van der Waals surface area contributed by atoms with E-state index in [1.807, 2.05) is 0 Å². The van der Waals surface area contributed by atoms with Gasteiger partial charge in [0.1, 0.15) is 0 Å². The van der Waals surface area contributed by atoms with E-state index in [0.717, 1.165) is 18.3 Å². The molecule has 3 atom stereocenters. The number of rotatable bonds is 4. The number of fused-ring (bicyclic) bond motifs is 1. The molecule has 20 heavy (non-hydrogen) atoms. The molecule has 1 aliphatic carbocycles. The first-order chi connectivity index (χ1) is 9.78. The molecule has 0 aliphatic heterocycles. The minimum Gasteiger partial charge on any atom is -0.327 e. The van der Waals surface area contributed by atoms with Crippen molar-refractivity contribution in [3.63, 3.8) is 0 Å². The summed E-state index contributed by atoms with van der Waals surface area (Å²) < 4.78 is 0. The van der Waals surface area contributed by atoms with E-state index in [1.54, 1.807) is 0 Å². The lowest BCUT2D eigenvalue weighted by atomic mass is 9.90. The molecule has 2 N–H and O–H groups in total. The summed E-state index contributed by atoms with van der Waals surface area (Å²) in [5, 5.41) is 2.70. The molecule has 0 radical (unpaired) electrons. The van der Waals surface area contributed by atoms with E-state index in [-0.39, 0.29) is 0 Å². The summed E-state index contributed by atoms with van der Waals surface area (Å²) in [7, 11) is 0. The van der Waals surface area contributed by atoms with Crippen LogP contribution in [-0.2, 0) is 6.42 Å². The standard InChI is InChI=1S/C19H25N/c1-2-14-10-11-17(12-14)19(20)13-16-8-5-7-15-6-3-4-9-18(15)16/h3-9,14,17,19H,2,10-13,20H2,1H3. The van der Waals surface area contributed by atoms with Gasteiger partial charge in [0.15, 0.2) is 0 Å². The third-order valence-electron chi connectivity index (χ3n) is 5.10. The van der Waals surface area contributed by atoms with Crippen molar-refractivity contribution in [3.05, 3.63) is 48.0 Å². The summed E-state index contributed by atoms with van der Waals surface area (Å²) in [6.07, 6.45) is 6.37. The van der Waals surface area contributed by atoms with Gasteiger partial charge in [-0.2, -0.15) is 0 Å². The van der Waals surface area contributed by atoms with Crippen LogP contribution in [0.5, 0.6) is 0 Å². The van der Waals surface area contributed by atoms with Crippen LogP contribution in [0.3, 0.4) is 0 Å². The van der Waals surface area contributed by atoms with Crippen LogP contribution in [0.4, 0.5) is 0 Å². The Balaban J connectivity index is 1.76. The maximum Gasteiger partial charge on any atom is 0.0108 e. The van der Waals surface area contributed by atoms with Crippen LogP contribution < -0.4 is 5.73 Å². The first-order valence-electron chi connectivity index (χ1n) is 8.00. The van der Waals surface area contributed by atoms with Crippen LogP contribution in [0.25, 0.3) is 10.8 Å². The average molecular weight is 267 g/mol. The molecular formula is C19H25N. The van der Waals surface area contributed by atoms with E-state index in [2.05, 4.69) is 49.4 Å².